The van der Waals surface area contributed by atoms with Gasteiger partial charge in [-0.1, -0.05) is 13.3 Å². The molecule has 0 radical (unpaired) electrons. The first kappa shape index (κ1) is 17.8. The Hall–Kier alpha value is -1.22. The van der Waals surface area contributed by atoms with Crippen LogP contribution in [0.25, 0.3) is 0 Å². The van der Waals surface area contributed by atoms with Gasteiger partial charge in [0.15, 0.2) is 0 Å². The molecule has 0 aromatic heterocycles. The number of benzene rings is 1. The molecule has 1 N–H and O–H groups in total. The Morgan fingerprint density at radius 1 is 1.05 bits per heavy atom. The molecule has 21 heavy (non-hydrogen) atoms. The van der Waals surface area contributed by atoms with Crippen molar-refractivity contribution >= 4 is 0 Å². The van der Waals surface area contributed by atoms with Crippen molar-refractivity contribution in [2.24, 2.45) is 5.92 Å². The van der Waals surface area contributed by atoms with Gasteiger partial charge in [0.25, 0.3) is 0 Å². The van der Waals surface area contributed by atoms with Gasteiger partial charge in [-0.05, 0) is 70.3 Å². The number of ether oxygens (including phenoxy) is 2. The summed E-state index contributed by atoms with van der Waals surface area (Å²) < 4.78 is 11.0. The van der Waals surface area contributed by atoms with Crippen molar-refractivity contribution in [2.75, 3.05) is 20.3 Å². The Morgan fingerprint density at radius 2 is 1.67 bits per heavy atom. The lowest BCUT2D eigenvalue weighted by atomic mass is 9.98. The van der Waals surface area contributed by atoms with Gasteiger partial charge < -0.3 is 14.8 Å². The van der Waals surface area contributed by atoms with E-state index in [1.165, 1.54) is 12.8 Å². The Balaban J connectivity index is 2.34. The quantitative estimate of drug-likeness (QED) is 0.737. The number of hydrogen-bond acceptors (Lipinski definition) is 3. The zero-order chi connectivity index (χ0) is 15.7. The molecular formula is C18H31NO2. The largest absolute Gasteiger partial charge is 0.497 e. The van der Waals surface area contributed by atoms with Crippen molar-refractivity contribution < 1.29 is 9.47 Å². The third-order valence-corrected chi connectivity index (χ3v) is 3.47. The molecule has 1 aromatic carbocycles. The predicted molar refractivity (Wildman–Crippen MR) is 89.3 cm³/mol. The summed E-state index contributed by atoms with van der Waals surface area (Å²) in [5, 5.41) is 3.60. The zero-order valence-corrected chi connectivity index (χ0v) is 14.2. The van der Waals surface area contributed by atoms with Gasteiger partial charge >= 0.3 is 0 Å². The third-order valence-electron chi connectivity index (χ3n) is 3.47. The summed E-state index contributed by atoms with van der Waals surface area (Å²) in [7, 11) is 1.67. The van der Waals surface area contributed by atoms with Crippen molar-refractivity contribution in [1.29, 1.82) is 0 Å². The molecule has 1 rings (SSSR count). The van der Waals surface area contributed by atoms with Crippen molar-refractivity contribution in [1.82, 2.24) is 5.32 Å². The summed E-state index contributed by atoms with van der Waals surface area (Å²) in [4.78, 5) is 0. The molecule has 0 aliphatic rings. The van der Waals surface area contributed by atoms with Crippen LogP contribution in [0.3, 0.4) is 0 Å². The van der Waals surface area contributed by atoms with Gasteiger partial charge in [0.2, 0.25) is 0 Å². The van der Waals surface area contributed by atoms with Gasteiger partial charge in [-0.2, -0.15) is 0 Å². The monoisotopic (exact) mass is 293 g/mol. The second kappa shape index (κ2) is 8.93. The van der Waals surface area contributed by atoms with Crippen LogP contribution in [-0.4, -0.2) is 25.8 Å². The van der Waals surface area contributed by atoms with Crippen LogP contribution in [0, 0.1) is 5.92 Å². The lowest BCUT2D eigenvalue weighted by Gasteiger charge is -2.25. The van der Waals surface area contributed by atoms with E-state index in [4.69, 9.17) is 9.47 Å². The fraction of sp³-hybridized carbons (Fsp3) is 0.667. The highest BCUT2D eigenvalue weighted by Crippen LogP contribution is 2.18. The average Bonchev–Trinajstić information content (AvgIpc) is 2.44. The summed E-state index contributed by atoms with van der Waals surface area (Å²) >= 11 is 0. The first-order chi connectivity index (χ1) is 9.94. The molecule has 0 aliphatic heterocycles. The van der Waals surface area contributed by atoms with Crippen LogP contribution in [0.4, 0.5) is 0 Å². The molecule has 0 saturated carbocycles. The maximum absolute atomic E-state index is 5.83. The van der Waals surface area contributed by atoms with Crippen molar-refractivity contribution in [3.63, 3.8) is 0 Å². The second-order valence-electron chi connectivity index (χ2n) is 6.60. The van der Waals surface area contributed by atoms with E-state index in [1.54, 1.807) is 7.11 Å². The molecule has 120 valence electrons. The molecule has 0 fully saturated rings. The Morgan fingerprint density at radius 3 is 2.19 bits per heavy atom. The molecule has 0 aliphatic carbocycles. The molecule has 0 spiro atoms. The van der Waals surface area contributed by atoms with Crippen LogP contribution in [0.2, 0.25) is 0 Å². The maximum Gasteiger partial charge on any atom is 0.119 e. The summed E-state index contributed by atoms with van der Waals surface area (Å²) in [5.41, 5.74) is 0.183. The fourth-order valence-corrected chi connectivity index (χ4v) is 2.22. The highest BCUT2D eigenvalue weighted by molar-refractivity contribution is 5.31. The Bertz CT molecular complexity index is 381. The van der Waals surface area contributed by atoms with E-state index in [2.05, 4.69) is 33.0 Å². The van der Waals surface area contributed by atoms with Gasteiger partial charge in [-0.25, -0.2) is 0 Å². The summed E-state index contributed by atoms with van der Waals surface area (Å²) in [6, 6.07) is 7.78. The topological polar surface area (TPSA) is 30.5 Å². The highest BCUT2D eigenvalue weighted by atomic mass is 16.5. The van der Waals surface area contributed by atoms with Gasteiger partial charge in [0, 0.05) is 5.54 Å². The molecule has 0 saturated heterocycles. The molecule has 3 nitrogen and oxygen atoms in total. The Labute approximate surface area is 130 Å². The van der Waals surface area contributed by atoms with Crippen LogP contribution in [0.5, 0.6) is 11.5 Å². The van der Waals surface area contributed by atoms with Crippen molar-refractivity contribution in [3.05, 3.63) is 24.3 Å². The standard InChI is InChI=1S/C18H31NO2/c1-6-7-15(14-19-18(2,3)4)12-13-21-17-10-8-16(20-5)9-11-17/h8-11,15,19H,6-7,12-14H2,1-5H3. The lowest BCUT2D eigenvalue weighted by Crippen LogP contribution is -2.39. The van der Waals surface area contributed by atoms with Crippen LogP contribution >= 0.6 is 0 Å². The first-order valence-electron chi connectivity index (χ1n) is 7.96. The number of methoxy groups -OCH3 is 1. The van der Waals surface area contributed by atoms with E-state index in [1.807, 2.05) is 24.3 Å². The SMILES string of the molecule is CCCC(CCOc1ccc(OC)cc1)CNC(C)(C)C. The van der Waals surface area contributed by atoms with Crippen LogP contribution in [-0.2, 0) is 0 Å². The molecule has 3 heteroatoms. The minimum absolute atomic E-state index is 0.183. The molecule has 0 bridgehead atoms. The zero-order valence-electron chi connectivity index (χ0n) is 14.2. The number of rotatable bonds is 9. The average molecular weight is 293 g/mol. The van der Waals surface area contributed by atoms with E-state index in [9.17, 15) is 0 Å². The van der Waals surface area contributed by atoms with Crippen LogP contribution < -0.4 is 14.8 Å². The minimum Gasteiger partial charge on any atom is -0.497 e. The van der Waals surface area contributed by atoms with E-state index in [0.29, 0.717) is 5.92 Å². The minimum atomic E-state index is 0.183. The number of hydrogen-bond donors (Lipinski definition) is 1. The number of nitrogens with one attached hydrogen (secondary N) is 1. The van der Waals surface area contributed by atoms with E-state index in [-0.39, 0.29) is 5.54 Å². The molecule has 1 atom stereocenters. The van der Waals surface area contributed by atoms with E-state index in [0.717, 1.165) is 31.1 Å². The maximum atomic E-state index is 5.83. The second-order valence-corrected chi connectivity index (χ2v) is 6.60. The predicted octanol–water partition coefficient (Wildman–Crippen LogP) is 4.27. The van der Waals surface area contributed by atoms with E-state index < -0.39 is 0 Å². The van der Waals surface area contributed by atoms with E-state index >= 15 is 0 Å². The fourth-order valence-electron chi connectivity index (χ4n) is 2.22. The summed E-state index contributed by atoms with van der Waals surface area (Å²) in [5.74, 6) is 2.45. The summed E-state index contributed by atoms with van der Waals surface area (Å²) in [6.07, 6.45) is 3.55. The van der Waals surface area contributed by atoms with Crippen LogP contribution in [0.15, 0.2) is 24.3 Å². The lowest BCUT2D eigenvalue weighted by molar-refractivity contribution is 0.256. The van der Waals surface area contributed by atoms with Crippen LogP contribution in [0.1, 0.15) is 47.0 Å². The van der Waals surface area contributed by atoms with Gasteiger partial charge in [0.05, 0.1) is 13.7 Å². The van der Waals surface area contributed by atoms with Gasteiger partial charge in [-0.15, -0.1) is 0 Å². The third kappa shape index (κ3) is 7.96. The highest BCUT2D eigenvalue weighted by Gasteiger charge is 2.13. The smallest absolute Gasteiger partial charge is 0.119 e. The Kier molecular flexibility index (Phi) is 7.58. The first-order valence-corrected chi connectivity index (χ1v) is 7.96. The molecule has 0 amide bonds. The van der Waals surface area contributed by atoms with Gasteiger partial charge in [0.1, 0.15) is 11.5 Å². The van der Waals surface area contributed by atoms with Gasteiger partial charge in [-0.3, -0.25) is 0 Å². The molecular weight excluding hydrogens is 262 g/mol. The van der Waals surface area contributed by atoms with Crippen molar-refractivity contribution in [2.45, 2.75) is 52.5 Å². The normalized spacial score (nSPS) is 13.0. The molecule has 1 unspecified atom stereocenters. The van der Waals surface area contributed by atoms with Crippen molar-refractivity contribution in [3.8, 4) is 11.5 Å². The molecule has 1 aromatic rings. The summed E-state index contributed by atoms with van der Waals surface area (Å²) in [6.45, 7) is 10.7. The molecule has 0 heterocycles.